The molecule has 1 aromatic rings. The van der Waals surface area contributed by atoms with Crippen molar-refractivity contribution in [2.24, 2.45) is 0 Å². The van der Waals surface area contributed by atoms with Crippen LogP contribution in [0.15, 0.2) is 30.9 Å². The predicted octanol–water partition coefficient (Wildman–Crippen LogP) is 3.93. The molecule has 0 heterocycles. The summed E-state index contributed by atoms with van der Waals surface area (Å²) in [5.74, 6) is 0. The summed E-state index contributed by atoms with van der Waals surface area (Å²) in [7, 11) is 0. The molecule has 0 fully saturated rings. The predicted molar refractivity (Wildman–Crippen MR) is 57.8 cm³/mol. The average Bonchev–Trinajstić information content (AvgIpc) is 2.08. The van der Waals surface area contributed by atoms with Crippen molar-refractivity contribution in [2.75, 3.05) is 0 Å². The number of hydrogen-bond acceptors (Lipinski definition) is 0. The first-order valence-electron chi connectivity index (χ1n) is 3.99. The topological polar surface area (TPSA) is 0 Å². The van der Waals surface area contributed by atoms with Crippen molar-refractivity contribution in [3.8, 4) is 0 Å². The highest BCUT2D eigenvalue weighted by molar-refractivity contribution is 9.09. The molecule has 1 heteroatoms. The van der Waals surface area contributed by atoms with Gasteiger partial charge < -0.3 is 0 Å². The summed E-state index contributed by atoms with van der Waals surface area (Å²) in [4.78, 5) is 0.275. The fraction of sp³-hybridized carbons (Fsp3) is 0.273. The molecule has 0 radical (unpaired) electrons. The van der Waals surface area contributed by atoms with Gasteiger partial charge in [-0.15, -0.1) is 6.58 Å². The van der Waals surface area contributed by atoms with E-state index in [2.05, 4.69) is 54.6 Å². The summed E-state index contributed by atoms with van der Waals surface area (Å²) in [5.41, 5.74) is 3.91. The highest BCUT2D eigenvalue weighted by Gasteiger charge is 2.05. The van der Waals surface area contributed by atoms with Crippen LogP contribution in [-0.2, 0) is 0 Å². The summed E-state index contributed by atoms with van der Waals surface area (Å²) >= 11 is 3.55. The minimum absolute atomic E-state index is 0.275. The second-order valence-corrected chi connectivity index (χ2v) is 3.98. The van der Waals surface area contributed by atoms with Crippen LogP contribution in [0.4, 0.5) is 0 Å². The van der Waals surface area contributed by atoms with E-state index in [4.69, 9.17) is 0 Å². The second kappa shape index (κ2) is 3.90. The lowest BCUT2D eigenvalue weighted by atomic mass is 10.0. The first-order valence-corrected chi connectivity index (χ1v) is 4.90. The van der Waals surface area contributed by atoms with Gasteiger partial charge in [-0.1, -0.05) is 45.8 Å². The highest BCUT2D eigenvalue weighted by atomic mass is 79.9. The van der Waals surface area contributed by atoms with Crippen molar-refractivity contribution in [2.45, 2.75) is 18.7 Å². The zero-order chi connectivity index (χ0) is 9.14. The third kappa shape index (κ3) is 1.98. The van der Waals surface area contributed by atoms with Gasteiger partial charge in [0.1, 0.15) is 0 Å². The number of allylic oxidation sites excluding steroid dienone is 1. The molecule has 0 aromatic heterocycles. The molecule has 1 unspecified atom stereocenters. The quantitative estimate of drug-likeness (QED) is 0.528. The number of benzene rings is 1. The Morgan fingerprint density at radius 1 is 1.42 bits per heavy atom. The Balaban J connectivity index is 3.12. The normalized spacial score (nSPS) is 12.6. The molecule has 1 aromatic carbocycles. The molecule has 0 spiro atoms. The van der Waals surface area contributed by atoms with Crippen molar-refractivity contribution in [1.29, 1.82) is 0 Å². The molecule has 0 saturated heterocycles. The minimum Gasteiger partial charge on any atom is -0.102 e. The van der Waals surface area contributed by atoms with E-state index in [-0.39, 0.29) is 4.83 Å². The molecular weight excluding hydrogens is 212 g/mol. The van der Waals surface area contributed by atoms with Gasteiger partial charge in [0, 0.05) is 0 Å². The van der Waals surface area contributed by atoms with Crippen molar-refractivity contribution in [1.82, 2.24) is 0 Å². The Labute approximate surface area is 82.4 Å². The van der Waals surface area contributed by atoms with Crippen molar-refractivity contribution < 1.29 is 0 Å². The first kappa shape index (κ1) is 9.53. The highest BCUT2D eigenvalue weighted by Crippen LogP contribution is 2.27. The Morgan fingerprint density at radius 2 is 2.08 bits per heavy atom. The van der Waals surface area contributed by atoms with Gasteiger partial charge in [0.15, 0.2) is 0 Å². The summed E-state index contributed by atoms with van der Waals surface area (Å²) in [6.07, 6.45) is 1.90. The maximum atomic E-state index is 3.76. The van der Waals surface area contributed by atoms with E-state index in [0.717, 1.165) is 0 Å². The van der Waals surface area contributed by atoms with E-state index in [9.17, 15) is 0 Å². The Bertz CT molecular complexity index is 289. The second-order valence-electron chi connectivity index (χ2n) is 3.00. The third-order valence-electron chi connectivity index (χ3n) is 1.94. The fourth-order valence-electron chi connectivity index (χ4n) is 1.18. The zero-order valence-corrected chi connectivity index (χ0v) is 9.06. The van der Waals surface area contributed by atoms with Crippen LogP contribution in [0, 0.1) is 13.8 Å². The number of aryl methyl sites for hydroxylation is 2. The number of alkyl halides is 1. The summed E-state index contributed by atoms with van der Waals surface area (Å²) < 4.78 is 0. The number of halogens is 1. The van der Waals surface area contributed by atoms with Gasteiger partial charge in [0.25, 0.3) is 0 Å². The van der Waals surface area contributed by atoms with Gasteiger partial charge in [-0.05, 0) is 25.0 Å². The fourth-order valence-corrected chi connectivity index (χ4v) is 1.68. The molecule has 0 aliphatic carbocycles. The maximum absolute atomic E-state index is 3.76. The van der Waals surface area contributed by atoms with Gasteiger partial charge in [0.05, 0.1) is 4.83 Å². The molecule has 0 N–H and O–H groups in total. The molecule has 1 atom stereocenters. The minimum atomic E-state index is 0.275. The summed E-state index contributed by atoms with van der Waals surface area (Å²) in [6, 6.07) is 6.46. The number of hydrogen-bond donors (Lipinski definition) is 0. The zero-order valence-electron chi connectivity index (χ0n) is 7.47. The lowest BCUT2D eigenvalue weighted by Gasteiger charge is -2.09. The molecular formula is C11H13Br. The lowest BCUT2D eigenvalue weighted by molar-refractivity contribution is 1.19. The van der Waals surface area contributed by atoms with E-state index in [1.165, 1.54) is 16.7 Å². The summed E-state index contributed by atoms with van der Waals surface area (Å²) in [5, 5.41) is 0. The lowest BCUT2D eigenvalue weighted by Crippen LogP contribution is -1.90. The van der Waals surface area contributed by atoms with E-state index in [1.54, 1.807) is 0 Å². The van der Waals surface area contributed by atoms with Crippen LogP contribution < -0.4 is 0 Å². The van der Waals surface area contributed by atoms with E-state index >= 15 is 0 Å². The molecule has 0 saturated carbocycles. The van der Waals surface area contributed by atoms with Crippen molar-refractivity contribution >= 4 is 15.9 Å². The van der Waals surface area contributed by atoms with Crippen LogP contribution >= 0.6 is 15.9 Å². The van der Waals surface area contributed by atoms with Crippen LogP contribution in [0.5, 0.6) is 0 Å². The Kier molecular flexibility index (Phi) is 3.10. The van der Waals surface area contributed by atoms with Gasteiger partial charge in [-0.3, -0.25) is 0 Å². The van der Waals surface area contributed by atoms with Crippen molar-refractivity contribution in [3.05, 3.63) is 47.5 Å². The average molecular weight is 225 g/mol. The molecule has 1 rings (SSSR count). The standard InChI is InChI=1S/C11H13Br/c1-4-11(12)10-7-8(2)5-6-9(10)3/h4-7,11H,1H2,2-3H3. The first-order chi connectivity index (χ1) is 5.65. The molecule has 12 heavy (non-hydrogen) atoms. The van der Waals surface area contributed by atoms with Crippen molar-refractivity contribution in [3.63, 3.8) is 0 Å². The largest absolute Gasteiger partial charge is 0.102 e. The smallest absolute Gasteiger partial charge is 0.0575 e. The third-order valence-corrected chi connectivity index (χ3v) is 2.81. The van der Waals surface area contributed by atoms with E-state index < -0.39 is 0 Å². The van der Waals surface area contributed by atoms with E-state index in [0.29, 0.717) is 0 Å². The SMILES string of the molecule is C=CC(Br)c1cc(C)ccc1C. The molecule has 0 amide bonds. The van der Waals surface area contributed by atoms with Gasteiger partial charge in [0.2, 0.25) is 0 Å². The molecule has 0 aliphatic rings. The van der Waals surface area contributed by atoms with Crippen LogP contribution in [0.25, 0.3) is 0 Å². The molecule has 0 nitrogen and oxygen atoms in total. The van der Waals surface area contributed by atoms with Crippen LogP contribution in [-0.4, -0.2) is 0 Å². The van der Waals surface area contributed by atoms with Gasteiger partial charge in [-0.25, -0.2) is 0 Å². The molecule has 0 bridgehead atoms. The van der Waals surface area contributed by atoms with Gasteiger partial charge in [-0.2, -0.15) is 0 Å². The van der Waals surface area contributed by atoms with Crippen LogP contribution in [0.1, 0.15) is 21.5 Å². The van der Waals surface area contributed by atoms with Gasteiger partial charge >= 0.3 is 0 Å². The Hall–Kier alpha value is -0.560. The Morgan fingerprint density at radius 3 is 2.67 bits per heavy atom. The maximum Gasteiger partial charge on any atom is 0.0575 e. The van der Waals surface area contributed by atoms with Crippen LogP contribution in [0.3, 0.4) is 0 Å². The monoisotopic (exact) mass is 224 g/mol. The molecule has 0 aliphatic heterocycles. The van der Waals surface area contributed by atoms with Crippen LogP contribution in [0.2, 0.25) is 0 Å². The van der Waals surface area contributed by atoms with E-state index in [1.807, 2.05) is 6.08 Å². The number of rotatable bonds is 2. The summed E-state index contributed by atoms with van der Waals surface area (Å²) in [6.45, 7) is 7.98. The molecule has 64 valence electrons.